The molecule has 1 aromatic heterocycles. The molecule has 8 nitrogen and oxygen atoms in total. The van der Waals surface area contributed by atoms with Crippen molar-refractivity contribution >= 4 is 16.6 Å². The van der Waals surface area contributed by atoms with E-state index in [0.29, 0.717) is 49.3 Å². The van der Waals surface area contributed by atoms with Gasteiger partial charge in [0, 0.05) is 33.0 Å². The molecule has 0 fully saturated rings. The molecule has 0 aliphatic carbocycles. The molecule has 2 aromatic carbocycles. The zero-order valence-corrected chi connectivity index (χ0v) is 17.7. The maximum atomic E-state index is 6.12. The van der Waals surface area contributed by atoms with Crippen molar-refractivity contribution in [3.8, 4) is 23.1 Å². The molecule has 0 saturated heterocycles. The minimum Gasteiger partial charge on any atom is -0.487 e. The first-order chi connectivity index (χ1) is 14.7. The van der Waals surface area contributed by atoms with E-state index in [4.69, 9.17) is 23.7 Å². The molecule has 0 spiro atoms. The van der Waals surface area contributed by atoms with Crippen molar-refractivity contribution in [1.82, 2.24) is 9.97 Å². The van der Waals surface area contributed by atoms with Crippen LogP contribution in [0.1, 0.15) is 5.56 Å². The second kappa shape index (κ2) is 10.6. The van der Waals surface area contributed by atoms with E-state index >= 15 is 0 Å². The highest BCUT2D eigenvalue weighted by Crippen LogP contribution is 2.37. The van der Waals surface area contributed by atoms with Gasteiger partial charge in [-0.3, -0.25) is 0 Å². The van der Waals surface area contributed by atoms with Gasteiger partial charge in [0.05, 0.1) is 24.1 Å². The topological polar surface area (TPSA) is 84.0 Å². The Hall–Kier alpha value is -3.10. The van der Waals surface area contributed by atoms with Gasteiger partial charge in [-0.05, 0) is 36.8 Å². The summed E-state index contributed by atoms with van der Waals surface area (Å²) < 4.78 is 28.0. The highest BCUT2D eigenvalue weighted by Gasteiger charge is 2.14. The largest absolute Gasteiger partial charge is 0.487 e. The van der Waals surface area contributed by atoms with Crippen molar-refractivity contribution < 1.29 is 23.7 Å². The minimum absolute atomic E-state index is 0.386. The number of rotatable bonds is 11. The van der Waals surface area contributed by atoms with Gasteiger partial charge in [-0.1, -0.05) is 0 Å². The SMILES string of the molecule is CNc1ccc(Oc2ncnc3cc(OCCOC)c(OCCOC)cc23)c(C)c1. The molecule has 3 rings (SSSR count). The summed E-state index contributed by atoms with van der Waals surface area (Å²) in [7, 11) is 5.13. The lowest BCUT2D eigenvalue weighted by molar-refractivity contribution is 0.132. The van der Waals surface area contributed by atoms with E-state index in [1.165, 1.54) is 6.33 Å². The van der Waals surface area contributed by atoms with E-state index in [2.05, 4.69) is 15.3 Å². The van der Waals surface area contributed by atoms with Crippen molar-refractivity contribution in [2.24, 2.45) is 0 Å². The van der Waals surface area contributed by atoms with Gasteiger partial charge in [-0.2, -0.15) is 0 Å². The van der Waals surface area contributed by atoms with Crippen LogP contribution in [0, 0.1) is 6.92 Å². The Morgan fingerprint density at radius 1 is 0.833 bits per heavy atom. The summed E-state index contributed by atoms with van der Waals surface area (Å²) in [6, 6.07) is 9.53. The van der Waals surface area contributed by atoms with Crippen LogP contribution in [-0.4, -0.2) is 57.7 Å². The van der Waals surface area contributed by atoms with Crippen molar-refractivity contribution in [3.05, 3.63) is 42.2 Å². The summed E-state index contributed by atoms with van der Waals surface area (Å²) in [5, 5.41) is 3.84. The number of fused-ring (bicyclic) bond motifs is 1. The first kappa shape index (κ1) is 21.6. The second-order valence-electron chi connectivity index (χ2n) is 6.51. The van der Waals surface area contributed by atoms with Crippen LogP contribution in [0.15, 0.2) is 36.7 Å². The number of anilines is 1. The number of nitrogens with zero attached hydrogens (tertiary/aromatic N) is 2. The Morgan fingerprint density at radius 2 is 1.53 bits per heavy atom. The first-order valence-electron chi connectivity index (χ1n) is 9.64. The van der Waals surface area contributed by atoms with Gasteiger partial charge in [0.15, 0.2) is 11.5 Å². The van der Waals surface area contributed by atoms with E-state index in [-0.39, 0.29) is 0 Å². The average molecular weight is 413 g/mol. The molecule has 3 aromatic rings. The smallest absolute Gasteiger partial charge is 0.230 e. The highest BCUT2D eigenvalue weighted by molar-refractivity contribution is 5.87. The summed E-state index contributed by atoms with van der Waals surface area (Å²) in [6.07, 6.45) is 1.47. The maximum absolute atomic E-state index is 6.12. The van der Waals surface area contributed by atoms with Gasteiger partial charge in [0.2, 0.25) is 5.88 Å². The molecule has 0 bridgehead atoms. The molecule has 0 amide bonds. The molecule has 30 heavy (non-hydrogen) atoms. The number of ether oxygens (including phenoxy) is 5. The van der Waals surface area contributed by atoms with E-state index in [1.54, 1.807) is 14.2 Å². The summed E-state index contributed by atoms with van der Waals surface area (Å²) >= 11 is 0. The van der Waals surface area contributed by atoms with Gasteiger partial charge >= 0.3 is 0 Å². The third-order valence-corrected chi connectivity index (χ3v) is 4.42. The monoisotopic (exact) mass is 413 g/mol. The van der Waals surface area contributed by atoms with Crippen LogP contribution >= 0.6 is 0 Å². The minimum atomic E-state index is 0.386. The Kier molecular flexibility index (Phi) is 7.64. The fourth-order valence-electron chi connectivity index (χ4n) is 2.84. The summed E-state index contributed by atoms with van der Waals surface area (Å²) in [5.41, 5.74) is 2.69. The quantitative estimate of drug-likeness (QED) is 0.475. The van der Waals surface area contributed by atoms with Crippen LogP contribution in [-0.2, 0) is 9.47 Å². The molecule has 0 saturated carbocycles. The van der Waals surface area contributed by atoms with E-state index in [0.717, 1.165) is 22.4 Å². The third kappa shape index (κ3) is 5.28. The van der Waals surface area contributed by atoms with Gasteiger partial charge in [0.1, 0.15) is 25.3 Å². The average Bonchev–Trinajstić information content (AvgIpc) is 2.76. The Labute approximate surface area is 176 Å². The Morgan fingerprint density at radius 3 is 2.17 bits per heavy atom. The van der Waals surface area contributed by atoms with Crippen LogP contribution in [0.5, 0.6) is 23.1 Å². The third-order valence-electron chi connectivity index (χ3n) is 4.42. The van der Waals surface area contributed by atoms with Crippen molar-refractivity contribution in [3.63, 3.8) is 0 Å². The lowest BCUT2D eigenvalue weighted by atomic mass is 10.2. The number of aryl methyl sites for hydroxylation is 1. The van der Waals surface area contributed by atoms with Crippen LogP contribution in [0.25, 0.3) is 10.9 Å². The molecule has 8 heteroatoms. The lowest BCUT2D eigenvalue weighted by Crippen LogP contribution is -2.09. The fourth-order valence-corrected chi connectivity index (χ4v) is 2.84. The van der Waals surface area contributed by atoms with Gasteiger partial charge in [-0.15, -0.1) is 0 Å². The van der Waals surface area contributed by atoms with Crippen molar-refractivity contribution in [2.45, 2.75) is 6.92 Å². The zero-order chi connectivity index (χ0) is 21.3. The Bertz CT molecular complexity index is 980. The molecule has 0 atom stereocenters. The summed E-state index contributed by atoms with van der Waals surface area (Å²) in [6.45, 7) is 3.70. The number of methoxy groups -OCH3 is 2. The first-order valence-corrected chi connectivity index (χ1v) is 9.64. The predicted molar refractivity (Wildman–Crippen MR) is 115 cm³/mol. The molecule has 1 heterocycles. The van der Waals surface area contributed by atoms with E-state index < -0.39 is 0 Å². The molecule has 160 valence electrons. The molecule has 1 N–H and O–H groups in total. The lowest BCUT2D eigenvalue weighted by Gasteiger charge is -2.15. The summed E-state index contributed by atoms with van der Waals surface area (Å²) in [4.78, 5) is 8.71. The van der Waals surface area contributed by atoms with Gasteiger partial charge < -0.3 is 29.0 Å². The molecule has 0 radical (unpaired) electrons. The van der Waals surface area contributed by atoms with Gasteiger partial charge in [-0.25, -0.2) is 9.97 Å². The van der Waals surface area contributed by atoms with Gasteiger partial charge in [0.25, 0.3) is 0 Å². The van der Waals surface area contributed by atoms with Crippen LogP contribution < -0.4 is 19.5 Å². The molecular weight excluding hydrogens is 386 g/mol. The molecular formula is C22H27N3O5. The second-order valence-corrected chi connectivity index (χ2v) is 6.51. The fraction of sp³-hybridized carbons (Fsp3) is 0.364. The van der Waals surface area contributed by atoms with Crippen molar-refractivity contribution in [1.29, 1.82) is 0 Å². The van der Waals surface area contributed by atoms with Crippen LogP contribution in [0.4, 0.5) is 5.69 Å². The summed E-state index contributed by atoms with van der Waals surface area (Å²) in [5.74, 6) is 2.31. The molecule has 0 aliphatic heterocycles. The standard InChI is InChI=1S/C22H27N3O5/c1-15-11-16(23-2)5-6-19(15)30-22-17-12-20(28-9-7-26-3)21(29-10-8-27-4)13-18(17)24-14-25-22/h5-6,11-14,23H,7-10H2,1-4H3. The Balaban J connectivity index is 1.96. The number of hydrogen-bond acceptors (Lipinski definition) is 8. The number of hydrogen-bond donors (Lipinski definition) is 1. The molecule has 0 aliphatic rings. The number of benzene rings is 2. The number of aromatic nitrogens is 2. The van der Waals surface area contributed by atoms with E-state index in [1.807, 2.05) is 44.3 Å². The van der Waals surface area contributed by atoms with Crippen LogP contribution in [0.3, 0.4) is 0 Å². The molecule has 0 unspecified atom stereocenters. The van der Waals surface area contributed by atoms with E-state index in [9.17, 15) is 0 Å². The predicted octanol–water partition coefficient (Wildman–Crippen LogP) is 3.82. The van der Waals surface area contributed by atoms with Crippen molar-refractivity contribution in [2.75, 3.05) is 53.0 Å². The maximum Gasteiger partial charge on any atom is 0.230 e. The zero-order valence-electron chi connectivity index (χ0n) is 17.7. The van der Waals surface area contributed by atoms with Crippen LogP contribution in [0.2, 0.25) is 0 Å². The highest BCUT2D eigenvalue weighted by atomic mass is 16.5. The normalized spacial score (nSPS) is 10.8. The number of nitrogens with one attached hydrogen (secondary N) is 1.